The van der Waals surface area contributed by atoms with Crippen molar-refractivity contribution in [1.29, 1.82) is 0 Å². The summed E-state index contributed by atoms with van der Waals surface area (Å²) in [6.07, 6.45) is -1.12. The summed E-state index contributed by atoms with van der Waals surface area (Å²) < 4.78 is 28.6. The topological polar surface area (TPSA) is 113 Å². The number of hydrogen-bond acceptors (Lipinski definition) is 8. The lowest BCUT2D eigenvalue weighted by Gasteiger charge is -2.44. The van der Waals surface area contributed by atoms with Crippen molar-refractivity contribution >= 4 is 26.7 Å². The average molecular weight is 589 g/mol. The molecule has 0 unspecified atom stereocenters. The second-order valence-corrected chi connectivity index (χ2v) is 20.0. The first-order chi connectivity index (χ1) is 17.8. The van der Waals surface area contributed by atoms with E-state index in [0.717, 1.165) is 0 Å². The zero-order chi connectivity index (χ0) is 31.3. The Morgan fingerprint density at radius 1 is 0.825 bits per heavy atom. The average Bonchev–Trinajstić information content (AvgIpc) is 2.67. The van der Waals surface area contributed by atoms with Crippen molar-refractivity contribution in [2.75, 3.05) is 13.2 Å². The van der Waals surface area contributed by atoms with Crippen LogP contribution in [0.15, 0.2) is 0 Å². The van der Waals surface area contributed by atoms with Crippen LogP contribution in [0.25, 0.3) is 0 Å². The number of piperidine rings is 1. The number of likely N-dealkylation sites (tertiary alicyclic amines) is 1. The number of ether oxygens (including phenoxy) is 4. The van der Waals surface area contributed by atoms with Gasteiger partial charge in [-0.25, -0.2) is 14.4 Å². The first kappa shape index (κ1) is 36.0. The van der Waals surface area contributed by atoms with Gasteiger partial charge in [0.1, 0.15) is 22.9 Å². The van der Waals surface area contributed by atoms with E-state index in [9.17, 15) is 14.4 Å². The predicted molar refractivity (Wildman–Crippen MR) is 158 cm³/mol. The summed E-state index contributed by atoms with van der Waals surface area (Å²) in [6.45, 7) is 27.6. The van der Waals surface area contributed by atoms with E-state index in [-0.39, 0.29) is 17.6 Å². The van der Waals surface area contributed by atoms with E-state index in [1.165, 1.54) is 0 Å². The molecular formula is C29H56N2O8Si. The third-order valence-electron chi connectivity index (χ3n) is 6.71. The van der Waals surface area contributed by atoms with Crippen LogP contribution in [0.5, 0.6) is 0 Å². The molecule has 234 valence electrons. The maximum atomic E-state index is 13.3. The maximum absolute atomic E-state index is 13.3. The van der Waals surface area contributed by atoms with E-state index >= 15 is 0 Å². The molecule has 40 heavy (non-hydrogen) atoms. The van der Waals surface area contributed by atoms with Gasteiger partial charge in [-0.1, -0.05) is 20.8 Å². The molecule has 11 heteroatoms. The van der Waals surface area contributed by atoms with Crippen molar-refractivity contribution in [3.63, 3.8) is 0 Å². The van der Waals surface area contributed by atoms with E-state index in [4.69, 9.17) is 23.4 Å². The van der Waals surface area contributed by atoms with E-state index in [1.54, 1.807) is 46.4 Å². The number of amides is 2. The summed E-state index contributed by atoms with van der Waals surface area (Å²) in [5.74, 6) is 0. The van der Waals surface area contributed by atoms with Gasteiger partial charge >= 0.3 is 18.3 Å². The molecule has 0 aromatic heterocycles. The Kier molecular flexibility index (Phi) is 12.0. The SMILES string of the molecule is CC(C)(C)OC(=O)N[C@H]1CN(C(=O)OC(C)(C)C)[C@H](CCCO[Si](C)(C)C(C)(C)C)C[C@H]1OC(=O)OC(C)(C)C. The minimum Gasteiger partial charge on any atom is -0.444 e. The van der Waals surface area contributed by atoms with Gasteiger partial charge in [-0.05, 0) is 93.3 Å². The summed E-state index contributed by atoms with van der Waals surface area (Å²) in [7, 11) is -1.92. The Hall–Kier alpha value is -2.01. The van der Waals surface area contributed by atoms with Crippen LogP contribution >= 0.6 is 0 Å². The van der Waals surface area contributed by atoms with Gasteiger partial charge in [-0.15, -0.1) is 0 Å². The summed E-state index contributed by atoms with van der Waals surface area (Å²) in [5, 5.41) is 2.89. The van der Waals surface area contributed by atoms with Crippen LogP contribution in [-0.2, 0) is 23.4 Å². The molecule has 0 bridgehead atoms. The fraction of sp³-hybridized carbons (Fsp3) is 0.897. The number of hydrogen-bond donors (Lipinski definition) is 1. The Morgan fingerprint density at radius 3 is 1.82 bits per heavy atom. The molecule has 1 aliphatic heterocycles. The molecule has 0 radical (unpaired) electrons. The molecule has 1 saturated heterocycles. The molecule has 0 aliphatic carbocycles. The maximum Gasteiger partial charge on any atom is 0.509 e. The summed E-state index contributed by atoms with van der Waals surface area (Å²) in [5.41, 5.74) is -2.17. The molecule has 3 atom stereocenters. The lowest BCUT2D eigenvalue weighted by atomic mass is 9.92. The molecule has 2 amide bonds. The van der Waals surface area contributed by atoms with Gasteiger partial charge in [0, 0.05) is 25.6 Å². The van der Waals surface area contributed by atoms with Crippen LogP contribution in [0.2, 0.25) is 18.1 Å². The largest absolute Gasteiger partial charge is 0.509 e. The quantitative estimate of drug-likeness (QED) is 0.146. The zero-order valence-corrected chi connectivity index (χ0v) is 28.5. The Labute approximate surface area is 243 Å². The Balaban J connectivity index is 3.20. The highest BCUT2D eigenvalue weighted by atomic mass is 28.4. The fourth-order valence-corrected chi connectivity index (χ4v) is 4.93. The number of nitrogens with one attached hydrogen (secondary N) is 1. The number of rotatable bonds is 7. The number of nitrogens with zero attached hydrogens (tertiary/aromatic N) is 1. The van der Waals surface area contributed by atoms with Gasteiger partial charge in [0.05, 0.1) is 6.04 Å². The van der Waals surface area contributed by atoms with Gasteiger partial charge in [0.25, 0.3) is 0 Å². The molecule has 1 aliphatic rings. The van der Waals surface area contributed by atoms with Gasteiger partial charge in [-0.2, -0.15) is 0 Å². The van der Waals surface area contributed by atoms with E-state index in [0.29, 0.717) is 25.9 Å². The molecule has 0 saturated carbocycles. The van der Waals surface area contributed by atoms with Crippen LogP contribution in [0.1, 0.15) is 102 Å². The van der Waals surface area contributed by atoms with E-state index < -0.39 is 55.6 Å². The predicted octanol–water partition coefficient (Wildman–Crippen LogP) is 7.01. The fourth-order valence-electron chi connectivity index (χ4n) is 3.84. The minimum absolute atomic E-state index is 0.0787. The van der Waals surface area contributed by atoms with Crippen LogP contribution in [0.3, 0.4) is 0 Å². The number of alkyl carbamates (subject to hydrolysis) is 1. The molecule has 0 spiro atoms. The zero-order valence-electron chi connectivity index (χ0n) is 27.5. The highest BCUT2D eigenvalue weighted by Crippen LogP contribution is 2.37. The molecule has 1 N–H and O–H groups in total. The van der Waals surface area contributed by atoms with Crippen LogP contribution < -0.4 is 5.32 Å². The first-order valence-corrected chi connectivity index (χ1v) is 17.2. The number of carbonyl (C=O) groups excluding carboxylic acids is 3. The number of carbonyl (C=O) groups is 3. The molecule has 10 nitrogen and oxygen atoms in total. The highest BCUT2D eigenvalue weighted by Gasteiger charge is 2.43. The summed E-state index contributed by atoms with van der Waals surface area (Å²) in [4.78, 5) is 40.3. The first-order valence-electron chi connectivity index (χ1n) is 14.3. The third kappa shape index (κ3) is 13.1. The van der Waals surface area contributed by atoms with Gasteiger partial charge in [-0.3, -0.25) is 0 Å². The molecule has 1 heterocycles. The highest BCUT2D eigenvalue weighted by molar-refractivity contribution is 6.74. The minimum atomic E-state index is -1.92. The van der Waals surface area contributed by atoms with Crippen molar-refractivity contribution in [3.05, 3.63) is 0 Å². The Morgan fingerprint density at radius 2 is 1.35 bits per heavy atom. The molecule has 0 aromatic carbocycles. The van der Waals surface area contributed by atoms with E-state index in [2.05, 4.69) is 39.2 Å². The van der Waals surface area contributed by atoms with Crippen molar-refractivity contribution in [2.45, 2.75) is 155 Å². The standard InChI is InChI=1S/C29H56N2O8Si/c1-26(2,3)37-23(32)30-21-19-31(24(33)38-27(4,5)6)20(16-15-17-35-40(13,14)29(10,11)12)18-22(21)36-25(34)39-28(7,8)9/h20-22H,15-19H2,1-14H3,(H,30,32)/t20-,21+,22-/m1/s1. The summed E-state index contributed by atoms with van der Waals surface area (Å²) >= 11 is 0. The van der Waals surface area contributed by atoms with Crippen molar-refractivity contribution in [3.8, 4) is 0 Å². The van der Waals surface area contributed by atoms with Gasteiger partial charge < -0.3 is 33.6 Å². The van der Waals surface area contributed by atoms with E-state index in [1.807, 2.05) is 20.8 Å². The third-order valence-corrected chi connectivity index (χ3v) is 11.2. The van der Waals surface area contributed by atoms with Crippen molar-refractivity contribution < 1.29 is 37.8 Å². The second kappa shape index (κ2) is 13.3. The smallest absolute Gasteiger partial charge is 0.444 e. The van der Waals surface area contributed by atoms with Crippen LogP contribution in [-0.4, -0.2) is 79.7 Å². The monoisotopic (exact) mass is 588 g/mol. The van der Waals surface area contributed by atoms with Crippen molar-refractivity contribution in [2.24, 2.45) is 0 Å². The van der Waals surface area contributed by atoms with Crippen LogP contribution in [0, 0.1) is 0 Å². The van der Waals surface area contributed by atoms with Crippen molar-refractivity contribution in [1.82, 2.24) is 10.2 Å². The van der Waals surface area contributed by atoms with Crippen LogP contribution in [0.4, 0.5) is 14.4 Å². The molecular weight excluding hydrogens is 532 g/mol. The summed E-state index contributed by atoms with van der Waals surface area (Å²) in [6, 6.07) is -1.03. The molecule has 0 aromatic rings. The Bertz CT molecular complexity index is 865. The van der Waals surface area contributed by atoms with Gasteiger partial charge in [0.15, 0.2) is 8.32 Å². The van der Waals surface area contributed by atoms with Gasteiger partial charge in [0.2, 0.25) is 0 Å². The second-order valence-electron chi connectivity index (χ2n) is 15.1. The molecule has 1 fully saturated rings. The molecule has 1 rings (SSSR count). The lowest BCUT2D eigenvalue weighted by Crippen LogP contribution is -2.61. The lowest BCUT2D eigenvalue weighted by molar-refractivity contribution is -0.0633. The normalized spacial score (nSPS) is 20.9.